The quantitative estimate of drug-likeness (QED) is 0.595. The molecule has 0 fully saturated rings. The van der Waals surface area contributed by atoms with Gasteiger partial charge in [-0.15, -0.1) is 0 Å². The summed E-state index contributed by atoms with van der Waals surface area (Å²) in [7, 11) is -2.95. The van der Waals surface area contributed by atoms with E-state index in [4.69, 9.17) is 0 Å². The molecule has 0 aromatic heterocycles. The predicted molar refractivity (Wildman–Crippen MR) is 79.6 cm³/mol. The number of hydrogen-bond donors (Lipinski definition) is 0. The van der Waals surface area contributed by atoms with Crippen molar-refractivity contribution in [1.29, 1.82) is 0 Å². The van der Waals surface area contributed by atoms with Gasteiger partial charge < -0.3 is 0 Å². The summed E-state index contributed by atoms with van der Waals surface area (Å²) in [5, 5.41) is 0.576. The van der Waals surface area contributed by atoms with Crippen molar-refractivity contribution in [3.63, 3.8) is 0 Å². The lowest BCUT2D eigenvalue weighted by molar-refractivity contribution is 0.313. The Morgan fingerprint density at radius 3 is 1.88 bits per heavy atom. The van der Waals surface area contributed by atoms with E-state index in [2.05, 4.69) is 29.8 Å². The number of sulfone groups is 1. The number of hydrogen-bond acceptors (Lipinski definition) is 2. The third kappa shape index (κ3) is 5.29. The van der Waals surface area contributed by atoms with Gasteiger partial charge in [0, 0.05) is 5.33 Å². The molecule has 0 saturated heterocycles. The average molecular weight is 327 g/mol. The molecule has 0 heterocycles. The molecule has 0 amide bonds. The van der Waals surface area contributed by atoms with E-state index < -0.39 is 9.84 Å². The van der Waals surface area contributed by atoms with Gasteiger partial charge in [0.2, 0.25) is 0 Å². The fourth-order valence-corrected chi connectivity index (χ4v) is 5.38. The number of alkyl halides is 1. The van der Waals surface area contributed by atoms with Gasteiger partial charge in [0.05, 0.1) is 11.0 Å². The first-order valence-electron chi connectivity index (χ1n) is 6.65. The summed E-state index contributed by atoms with van der Waals surface area (Å²) in [6, 6.07) is 0. The first kappa shape index (κ1) is 17.4. The summed E-state index contributed by atoms with van der Waals surface area (Å²) < 4.78 is 24.5. The molecule has 17 heavy (non-hydrogen) atoms. The Morgan fingerprint density at radius 2 is 1.59 bits per heavy atom. The van der Waals surface area contributed by atoms with E-state index in [-0.39, 0.29) is 10.7 Å². The molecule has 0 N–H and O–H groups in total. The van der Waals surface area contributed by atoms with Crippen LogP contribution in [0.5, 0.6) is 0 Å². The van der Waals surface area contributed by atoms with Crippen LogP contribution in [0.15, 0.2) is 0 Å². The van der Waals surface area contributed by atoms with Crippen LogP contribution in [0.4, 0.5) is 0 Å². The van der Waals surface area contributed by atoms with Gasteiger partial charge in [-0.25, -0.2) is 8.42 Å². The average Bonchev–Trinajstić information content (AvgIpc) is 2.27. The van der Waals surface area contributed by atoms with E-state index in [9.17, 15) is 8.42 Å². The molecule has 4 heteroatoms. The first-order valence-corrected chi connectivity index (χ1v) is 9.48. The second kappa shape index (κ2) is 7.78. The molecule has 1 unspecified atom stereocenters. The maximum Gasteiger partial charge on any atom is 0.153 e. The van der Waals surface area contributed by atoms with Crippen LogP contribution in [0.25, 0.3) is 0 Å². The third-order valence-corrected chi connectivity index (χ3v) is 7.30. The molecule has 1 atom stereocenters. The maximum absolute atomic E-state index is 12.3. The third-order valence-electron chi connectivity index (χ3n) is 3.54. The Labute approximate surface area is 116 Å². The van der Waals surface area contributed by atoms with Crippen LogP contribution in [-0.2, 0) is 9.84 Å². The fraction of sp³-hybridized carbons (Fsp3) is 1.00. The SMILES string of the molecule is CCCC(CBr)(CCC)CS(=O)(=O)C(C)CC. The highest BCUT2D eigenvalue weighted by molar-refractivity contribution is 9.09. The van der Waals surface area contributed by atoms with Crippen LogP contribution in [-0.4, -0.2) is 24.8 Å². The molecule has 0 aliphatic rings. The minimum atomic E-state index is -2.95. The first-order chi connectivity index (χ1) is 7.87. The van der Waals surface area contributed by atoms with E-state index in [1.165, 1.54) is 0 Å². The van der Waals surface area contributed by atoms with Crippen LogP contribution in [0.3, 0.4) is 0 Å². The van der Waals surface area contributed by atoms with Gasteiger partial charge >= 0.3 is 0 Å². The summed E-state index contributed by atoms with van der Waals surface area (Å²) in [5.74, 6) is 0.335. The molecule has 0 saturated carbocycles. The van der Waals surface area contributed by atoms with E-state index >= 15 is 0 Å². The van der Waals surface area contributed by atoms with Gasteiger partial charge in [-0.05, 0) is 31.6 Å². The zero-order valence-electron chi connectivity index (χ0n) is 11.6. The Morgan fingerprint density at radius 1 is 1.12 bits per heavy atom. The Bertz CT molecular complexity index is 293. The largest absolute Gasteiger partial charge is 0.229 e. The van der Waals surface area contributed by atoms with Gasteiger partial charge in [-0.3, -0.25) is 0 Å². The summed E-state index contributed by atoms with van der Waals surface area (Å²) >= 11 is 3.53. The Kier molecular flexibility index (Phi) is 7.97. The smallest absolute Gasteiger partial charge is 0.153 e. The summed E-state index contributed by atoms with van der Waals surface area (Å²) in [5.41, 5.74) is -0.0637. The van der Waals surface area contributed by atoms with Crippen molar-refractivity contribution in [3.8, 4) is 0 Å². The summed E-state index contributed by atoms with van der Waals surface area (Å²) in [6.45, 7) is 8.02. The molecule has 0 bridgehead atoms. The fourth-order valence-electron chi connectivity index (χ4n) is 2.33. The molecule has 0 aromatic carbocycles. The van der Waals surface area contributed by atoms with E-state index in [0.29, 0.717) is 12.2 Å². The Hall–Kier alpha value is 0.430. The van der Waals surface area contributed by atoms with Crippen molar-refractivity contribution in [2.45, 2.75) is 65.0 Å². The van der Waals surface area contributed by atoms with Crippen molar-refractivity contribution in [2.75, 3.05) is 11.1 Å². The minimum absolute atomic E-state index is 0.0637. The molecule has 2 nitrogen and oxygen atoms in total. The lowest BCUT2D eigenvalue weighted by Crippen LogP contribution is -2.35. The predicted octanol–water partition coefficient (Wildman–Crippen LogP) is 4.18. The summed E-state index contributed by atoms with van der Waals surface area (Å²) in [4.78, 5) is 0. The summed E-state index contributed by atoms with van der Waals surface area (Å²) in [6.07, 6.45) is 4.77. The molecule has 0 aromatic rings. The highest BCUT2D eigenvalue weighted by Crippen LogP contribution is 2.34. The van der Waals surface area contributed by atoms with Gasteiger partial charge in [-0.2, -0.15) is 0 Å². The van der Waals surface area contributed by atoms with Crippen molar-refractivity contribution in [1.82, 2.24) is 0 Å². The molecule has 0 spiro atoms. The standard InChI is InChI=1S/C13H27BrO2S/c1-5-8-13(10-14,9-6-2)11-17(15,16)12(4)7-3/h12H,5-11H2,1-4H3. The van der Waals surface area contributed by atoms with Crippen molar-refractivity contribution < 1.29 is 8.42 Å². The van der Waals surface area contributed by atoms with E-state index in [0.717, 1.165) is 31.0 Å². The molecule has 0 radical (unpaired) electrons. The molecule has 0 aliphatic carbocycles. The molecule has 104 valence electrons. The molecular weight excluding hydrogens is 300 g/mol. The van der Waals surface area contributed by atoms with Crippen molar-refractivity contribution >= 4 is 25.8 Å². The van der Waals surface area contributed by atoms with E-state index in [1.54, 1.807) is 0 Å². The molecular formula is C13H27BrO2S. The van der Waals surface area contributed by atoms with Crippen LogP contribution in [0.2, 0.25) is 0 Å². The van der Waals surface area contributed by atoms with E-state index in [1.807, 2.05) is 13.8 Å². The van der Waals surface area contributed by atoms with Crippen molar-refractivity contribution in [2.24, 2.45) is 5.41 Å². The normalized spacial score (nSPS) is 14.9. The van der Waals surface area contributed by atoms with Gasteiger partial charge in [-0.1, -0.05) is 49.5 Å². The second-order valence-electron chi connectivity index (χ2n) is 5.16. The number of rotatable bonds is 9. The zero-order valence-corrected chi connectivity index (χ0v) is 14.0. The highest BCUT2D eigenvalue weighted by atomic mass is 79.9. The van der Waals surface area contributed by atoms with Gasteiger partial charge in [0.25, 0.3) is 0 Å². The zero-order chi connectivity index (χ0) is 13.5. The van der Waals surface area contributed by atoms with Crippen LogP contribution < -0.4 is 0 Å². The second-order valence-corrected chi connectivity index (χ2v) is 8.14. The van der Waals surface area contributed by atoms with Crippen molar-refractivity contribution in [3.05, 3.63) is 0 Å². The van der Waals surface area contributed by atoms with Crippen LogP contribution in [0, 0.1) is 5.41 Å². The van der Waals surface area contributed by atoms with Crippen LogP contribution >= 0.6 is 15.9 Å². The monoisotopic (exact) mass is 326 g/mol. The maximum atomic E-state index is 12.3. The van der Waals surface area contributed by atoms with Gasteiger partial charge in [0.1, 0.15) is 0 Å². The Balaban J connectivity index is 4.96. The molecule has 0 rings (SSSR count). The van der Waals surface area contributed by atoms with Crippen LogP contribution in [0.1, 0.15) is 59.8 Å². The number of halogens is 1. The van der Waals surface area contributed by atoms with Gasteiger partial charge in [0.15, 0.2) is 9.84 Å². The minimum Gasteiger partial charge on any atom is -0.229 e. The highest BCUT2D eigenvalue weighted by Gasteiger charge is 2.34. The lowest BCUT2D eigenvalue weighted by atomic mass is 9.83. The topological polar surface area (TPSA) is 34.1 Å². The lowest BCUT2D eigenvalue weighted by Gasteiger charge is -2.32. The molecule has 0 aliphatic heterocycles.